The van der Waals surface area contributed by atoms with Crippen LogP contribution in [0, 0.1) is 0 Å². The molecule has 3 rings (SSSR count). The van der Waals surface area contributed by atoms with E-state index >= 15 is 0 Å². The van der Waals surface area contributed by atoms with Crippen LogP contribution in [0.5, 0.6) is 11.5 Å². The van der Waals surface area contributed by atoms with Crippen LogP contribution in [0.2, 0.25) is 0 Å². The molecule has 0 spiro atoms. The van der Waals surface area contributed by atoms with E-state index in [0.29, 0.717) is 17.4 Å². The maximum Gasteiger partial charge on any atom is 0.363 e. The van der Waals surface area contributed by atoms with Crippen molar-refractivity contribution in [2.24, 2.45) is 4.99 Å². The van der Waals surface area contributed by atoms with Crippen LogP contribution >= 0.6 is 15.9 Å². The summed E-state index contributed by atoms with van der Waals surface area (Å²) in [5.74, 6) is 1.00. The molecule has 0 aliphatic carbocycles. The van der Waals surface area contributed by atoms with E-state index in [1.165, 1.54) is 0 Å². The number of carbonyl (C=O) groups excluding carboxylic acids is 1. The van der Waals surface area contributed by atoms with Crippen molar-refractivity contribution in [1.82, 2.24) is 0 Å². The van der Waals surface area contributed by atoms with E-state index < -0.39 is 5.97 Å². The van der Waals surface area contributed by atoms with E-state index in [9.17, 15) is 4.79 Å². The van der Waals surface area contributed by atoms with E-state index in [2.05, 4.69) is 20.9 Å². The number of carbonyl (C=O) groups is 1. The number of halogens is 1. The molecule has 1 aliphatic heterocycles. The predicted molar refractivity (Wildman–Crippen MR) is 94.3 cm³/mol. The zero-order chi connectivity index (χ0) is 17.1. The molecule has 0 radical (unpaired) electrons. The van der Waals surface area contributed by atoms with Crippen molar-refractivity contribution in [2.75, 3.05) is 14.2 Å². The van der Waals surface area contributed by atoms with Crippen LogP contribution in [0.15, 0.2) is 57.6 Å². The van der Waals surface area contributed by atoms with Gasteiger partial charge >= 0.3 is 5.97 Å². The third-order valence-electron chi connectivity index (χ3n) is 3.42. The molecule has 0 unspecified atom stereocenters. The van der Waals surface area contributed by atoms with E-state index in [0.717, 1.165) is 15.6 Å². The SMILES string of the molecule is COc1ccc(/C=C2\N=C(c3ccc(Br)cc3)OC2=O)cc1OC. The molecule has 0 atom stereocenters. The molecule has 6 heteroatoms. The Kier molecular flexibility index (Phi) is 4.66. The van der Waals surface area contributed by atoms with E-state index in [1.807, 2.05) is 30.3 Å². The number of rotatable bonds is 4. The quantitative estimate of drug-likeness (QED) is 0.591. The Hall–Kier alpha value is -2.60. The first-order valence-electron chi connectivity index (χ1n) is 7.11. The van der Waals surface area contributed by atoms with Crippen LogP contribution in [0.1, 0.15) is 11.1 Å². The van der Waals surface area contributed by atoms with Gasteiger partial charge in [-0.25, -0.2) is 9.79 Å². The number of cyclic esters (lactones) is 1. The summed E-state index contributed by atoms with van der Waals surface area (Å²) in [5, 5.41) is 0. The molecule has 0 N–H and O–H groups in total. The second-order valence-electron chi connectivity index (χ2n) is 4.96. The Morgan fingerprint density at radius 2 is 1.75 bits per heavy atom. The fourth-order valence-electron chi connectivity index (χ4n) is 2.23. The van der Waals surface area contributed by atoms with Gasteiger partial charge in [0, 0.05) is 10.0 Å². The Morgan fingerprint density at radius 3 is 2.42 bits per heavy atom. The Labute approximate surface area is 147 Å². The minimum atomic E-state index is -0.484. The van der Waals surface area contributed by atoms with Gasteiger partial charge in [0.1, 0.15) is 0 Å². The lowest BCUT2D eigenvalue weighted by atomic mass is 10.1. The maximum absolute atomic E-state index is 12.0. The lowest BCUT2D eigenvalue weighted by molar-refractivity contribution is -0.129. The minimum absolute atomic E-state index is 0.236. The third kappa shape index (κ3) is 3.33. The van der Waals surface area contributed by atoms with E-state index in [1.54, 1.807) is 32.4 Å². The summed E-state index contributed by atoms with van der Waals surface area (Å²) in [5.41, 5.74) is 1.74. The van der Waals surface area contributed by atoms with Gasteiger partial charge in [-0.05, 0) is 48.0 Å². The Bertz CT molecular complexity index is 841. The van der Waals surface area contributed by atoms with Gasteiger partial charge in [0.25, 0.3) is 0 Å². The Morgan fingerprint density at radius 1 is 1.04 bits per heavy atom. The zero-order valence-electron chi connectivity index (χ0n) is 13.1. The lowest BCUT2D eigenvalue weighted by Gasteiger charge is -2.07. The molecule has 24 heavy (non-hydrogen) atoms. The number of hydrogen-bond donors (Lipinski definition) is 0. The summed E-state index contributed by atoms with van der Waals surface area (Å²) in [6.45, 7) is 0. The minimum Gasteiger partial charge on any atom is -0.493 e. The number of methoxy groups -OCH3 is 2. The van der Waals surface area contributed by atoms with E-state index in [4.69, 9.17) is 14.2 Å². The van der Waals surface area contributed by atoms with Gasteiger partial charge in [0.15, 0.2) is 17.2 Å². The highest BCUT2D eigenvalue weighted by molar-refractivity contribution is 9.10. The van der Waals surface area contributed by atoms with Gasteiger partial charge in [0.2, 0.25) is 5.90 Å². The summed E-state index contributed by atoms with van der Waals surface area (Å²) < 4.78 is 16.6. The number of hydrogen-bond acceptors (Lipinski definition) is 5. The second-order valence-corrected chi connectivity index (χ2v) is 5.87. The largest absolute Gasteiger partial charge is 0.493 e. The smallest absolute Gasteiger partial charge is 0.363 e. The van der Waals surface area contributed by atoms with Gasteiger partial charge < -0.3 is 14.2 Å². The zero-order valence-corrected chi connectivity index (χ0v) is 14.7. The molecule has 2 aromatic rings. The molecule has 0 saturated heterocycles. The van der Waals surface area contributed by atoms with E-state index in [-0.39, 0.29) is 5.70 Å². The maximum atomic E-state index is 12.0. The van der Waals surface area contributed by atoms with Crippen LogP contribution in [0.4, 0.5) is 0 Å². The highest BCUT2D eigenvalue weighted by Gasteiger charge is 2.24. The number of aliphatic imine (C=N–C) groups is 1. The topological polar surface area (TPSA) is 57.1 Å². The molecular formula is C18H14BrNO4. The van der Waals surface area contributed by atoms with Crippen molar-refractivity contribution in [2.45, 2.75) is 0 Å². The second kappa shape index (κ2) is 6.88. The van der Waals surface area contributed by atoms with Crippen LogP contribution in [0.25, 0.3) is 6.08 Å². The van der Waals surface area contributed by atoms with Crippen LogP contribution in [-0.4, -0.2) is 26.1 Å². The average molecular weight is 388 g/mol. The first-order valence-corrected chi connectivity index (χ1v) is 7.90. The number of benzene rings is 2. The predicted octanol–water partition coefficient (Wildman–Crippen LogP) is 3.81. The van der Waals surface area contributed by atoms with Crippen molar-refractivity contribution in [3.8, 4) is 11.5 Å². The van der Waals surface area contributed by atoms with Crippen molar-refractivity contribution in [3.05, 3.63) is 63.8 Å². The molecule has 2 aromatic carbocycles. The summed E-state index contributed by atoms with van der Waals surface area (Å²) in [4.78, 5) is 16.3. The van der Waals surface area contributed by atoms with Crippen LogP contribution in [-0.2, 0) is 9.53 Å². The number of ether oxygens (including phenoxy) is 3. The first kappa shape index (κ1) is 16.3. The normalized spacial score (nSPS) is 15.2. The molecular weight excluding hydrogens is 374 g/mol. The molecule has 1 heterocycles. The molecule has 5 nitrogen and oxygen atoms in total. The molecule has 122 valence electrons. The summed E-state index contributed by atoms with van der Waals surface area (Å²) in [6.07, 6.45) is 1.65. The number of nitrogens with zero attached hydrogens (tertiary/aromatic N) is 1. The van der Waals surface area contributed by atoms with Crippen molar-refractivity contribution >= 4 is 33.9 Å². The molecule has 0 bridgehead atoms. The first-order chi connectivity index (χ1) is 11.6. The van der Waals surface area contributed by atoms with Crippen molar-refractivity contribution in [3.63, 3.8) is 0 Å². The summed E-state index contributed by atoms with van der Waals surface area (Å²) >= 11 is 3.37. The fraction of sp³-hybridized carbons (Fsp3) is 0.111. The summed E-state index contributed by atoms with van der Waals surface area (Å²) in [6, 6.07) is 12.7. The Balaban J connectivity index is 1.92. The molecule has 1 aliphatic rings. The van der Waals surface area contributed by atoms with Crippen LogP contribution < -0.4 is 9.47 Å². The van der Waals surface area contributed by atoms with Crippen LogP contribution in [0.3, 0.4) is 0 Å². The monoisotopic (exact) mass is 387 g/mol. The molecule has 0 amide bonds. The average Bonchev–Trinajstić information content (AvgIpc) is 2.96. The molecule has 0 fully saturated rings. The van der Waals surface area contributed by atoms with Crippen molar-refractivity contribution < 1.29 is 19.0 Å². The van der Waals surface area contributed by atoms with Gasteiger partial charge in [0.05, 0.1) is 14.2 Å². The summed E-state index contributed by atoms with van der Waals surface area (Å²) in [7, 11) is 3.13. The fourth-order valence-corrected chi connectivity index (χ4v) is 2.49. The molecule has 0 aromatic heterocycles. The lowest BCUT2D eigenvalue weighted by Crippen LogP contribution is -2.05. The van der Waals surface area contributed by atoms with Gasteiger partial charge in [-0.1, -0.05) is 22.0 Å². The highest BCUT2D eigenvalue weighted by atomic mass is 79.9. The third-order valence-corrected chi connectivity index (χ3v) is 3.95. The van der Waals surface area contributed by atoms with Gasteiger partial charge in [-0.2, -0.15) is 0 Å². The highest BCUT2D eigenvalue weighted by Crippen LogP contribution is 2.29. The van der Waals surface area contributed by atoms with Crippen molar-refractivity contribution in [1.29, 1.82) is 0 Å². The molecule has 0 saturated carbocycles. The van der Waals surface area contributed by atoms with Gasteiger partial charge in [-0.3, -0.25) is 0 Å². The standard InChI is InChI=1S/C18H14BrNO4/c1-22-15-8-3-11(10-16(15)23-2)9-14-18(21)24-17(20-14)12-4-6-13(19)7-5-12/h3-10H,1-2H3/b14-9-. The number of esters is 1. The van der Waals surface area contributed by atoms with Gasteiger partial charge in [-0.15, -0.1) is 0 Å².